The molecule has 1 amide bonds. The fourth-order valence-corrected chi connectivity index (χ4v) is 6.30. The average molecular weight is 457 g/mol. The summed E-state index contributed by atoms with van der Waals surface area (Å²) in [5, 5.41) is 13.3. The Hall–Kier alpha value is -2.98. The molecule has 1 aliphatic heterocycles. The molecule has 1 fully saturated rings. The van der Waals surface area contributed by atoms with Crippen LogP contribution in [0.4, 0.5) is 5.00 Å². The van der Waals surface area contributed by atoms with Crippen LogP contribution in [0.15, 0.2) is 60.7 Å². The van der Waals surface area contributed by atoms with Gasteiger partial charge in [-0.15, -0.1) is 11.3 Å². The van der Waals surface area contributed by atoms with Crippen LogP contribution in [0, 0.1) is 11.3 Å². The summed E-state index contributed by atoms with van der Waals surface area (Å²) in [6.45, 7) is 3.85. The van der Waals surface area contributed by atoms with Crippen LogP contribution in [0.1, 0.15) is 39.6 Å². The number of carbonyl (C=O) groups is 1. The van der Waals surface area contributed by atoms with E-state index in [0.29, 0.717) is 12.1 Å². The minimum Gasteiger partial charge on any atom is -0.315 e. The van der Waals surface area contributed by atoms with Gasteiger partial charge in [0.1, 0.15) is 11.1 Å². The number of piperazine rings is 1. The molecule has 1 N–H and O–H groups in total. The molecule has 2 heterocycles. The molecule has 0 saturated carbocycles. The molecule has 0 unspecified atom stereocenters. The molecule has 33 heavy (non-hydrogen) atoms. The lowest BCUT2D eigenvalue weighted by Gasteiger charge is -2.39. The van der Waals surface area contributed by atoms with E-state index in [0.717, 1.165) is 56.0 Å². The van der Waals surface area contributed by atoms with Crippen LogP contribution in [-0.4, -0.2) is 48.4 Å². The number of aryl methyl sites for hydroxylation is 1. The third-order valence-corrected chi connectivity index (χ3v) is 7.86. The number of anilines is 1. The highest BCUT2D eigenvalue weighted by Crippen LogP contribution is 2.38. The molecule has 0 radical (unpaired) electrons. The fraction of sp³-hybridized carbons (Fsp3) is 0.333. The summed E-state index contributed by atoms with van der Waals surface area (Å²) < 4.78 is 0. The largest absolute Gasteiger partial charge is 0.315 e. The highest BCUT2D eigenvalue weighted by atomic mass is 32.1. The van der Waals surface area contributed by atoms with Crippen LogP contribution in [0.25, 0.3) is 0 Å². The lowest BCUT2D eigenvalue weighted by molar-refractivity contribution is -0.117. The molecule has 0 atom stereocenters. The van der Waals surface area contributed by atoms with Crippen LogP contribution >= 0.6 is 11.3 Å². The van der Waals surface area contributed by atoms with Crippen molar-refractivity contribution >= 4 is 22.2 Å². The molecule has 2 aliphatic rings. The number of carbonyl (C=O) groups excluding carboxylic acids is 1. The molecular formula is C27H28N4OS. The van der Waals surface area contributed by atoms with Gasteiger partial charge in [-0.1, -0.05) is 60.7 Å². The zero-order valence-electron chi connectivity index (χ0n) is 18.7. The third kappa shape index (κ3) is 4.72. The van der Waals surface area contributed by atoms with Gasteiger partial charge in [0.15, 0.2) is 0 Å². The minimum atomic E-state index is -0.0254. The van der Waals surface area contributed by atoms with Crippen LogP contribution in [0.2, 0.25) is 0 Å². The summed E-state index contributed by atoms with van der Waals surface area (Å²) >= 11 is 1.58. The third-order valence-electron chi connectivity index (χ3n) is 6.66. The Labute approximate surface area is 199 Å². The topological polar surface area (TPSA) is 59.4 Å². The molecule has 0 spiro atoms. The number of thiophene rings is 1. The summed E-state index contributed by atoms with van der Waals surface area (Å²) in [5.41, 5.74) is 4.42. The summed E-state index contributed by atoms with van der Waals surface area (Å²) in [4.78, 5) is 18.8. The van der Waals surface area contributed by atoms with Gasteiger partial charge in [-0.3, -0.25) is 14.6 Å². The Morgan fingerprint density at radius 1 is 0.970 bits per heavy atom. The maximum atomic E-state index is 12.8. The molecule has 1 aliphatic carbocycles. The SMILES string of the molecule is N#Cc1c(NC(=O)CN2CCN(C(c3ccccc3)c3ccccc3)CC2)sc2c1CCC2. The first-order valence-corrected chi connectivity index (χ1v) is 12.5. The molecule has 5 rings (SSSR count). The standard InChI is InChI=1S/C27H28N4OS/c28-18-23-22-12-7-13-24(22)33-27(23)29-25(32)19-30-14-16-31(17-15-30)26(20-8-3-1-4-9-20)21-10-5-2-6-11-21/h1-6,8-11,26H,7,12-17,19H2,(H,29,32). The fourth-order valence-electron chi connectivity index (χ4n) is 5.04. The van der Waals surface area contributed by atoms with Gasteiger partial charge in [0.2, 0.25) is 5.91 Å². The smallest absolute Gasteiger partial charge is 0.239 e. The monoisotopic (exact) mass is 456 g/mol. The number of hydrogen-bond acceptors (Lipinski definition) is 5. The number of nitrogens with zero attached hydrogens (tertiary/aromatic N) is 3. The van der Waals surface area contributed by atoms with Crippen molar-refractivity contribution in [1.29, 1.82) is 5.26 Å². The van der Waals surface area contributed by atoms with Gasteiger partial charge >= 0.3 is 0 Å². The number of nitriles is 1. The normalized spacial score (nSPS) is 16.5. The van der Waals surface area contributed by atoms with E-state index in [1.165, 1.54) is 16.0 Å². The van der Waals surface area contributed by atoms with Crippen molar-refractivity contribution < 1.29 is 4.79 Å². The minimum absolute atomic E-state index is 0.0254. The van der Waals surface area contributed by atoms with Crippen molar-refractivity contribution in [2.75, 3.05) is 38.0 Å². The van der Waals surface area contributed by atoms with Crippen molar-refractivity contribution in [3.05, 3.63) is 87.8 Å². The Morgan fingerprint density at radius 2 is 1.61 bits per heavy atom. The molecule has 1 aromatic heterocycles. The van der Waals surface area contributed by atoms with Gasteiger partial charge in [-0.2, -0.15) is 5.26 Å². The van der Waals surface area contributed by atoms with E-state index >= 15 is 0 Å². The molecular weight excluding hydrogens is 428 g/mol. The van der Waals surface area contributed by atoms with Crippen molar-refractivity contribution in [3.8, 4) is 6.07 Å². The first-order valence-electron chi connectivity index (χ1n) is 11.6. The molecule has 5 nitrogen and oxygen atoms in total. The van der Waals surface area contributed by atoms with Crippen molar-refractivity contribution in [2.24, 2.45) is 0 Å². The maximum absolute atomic E-state index is 12.8. The van der Waals surface area contributed by atoms with E-state index in [-0.39, 0.29) is 11.9 Å². The molecule has 3 aromatic rings. The van der Waals surface area contributed by atoms with Gasteiger partial charge < -0.3 is 5.32 Å². The average Bonchev–Trinajstić information content (AvgIpc) is 3.42. The zero-order valence-corrected chi connectivity index (χ0v) is 19.5. The van der Waals surface area contributed by atoms with Crippen molar-refractivity contribution in [2.45, 2.75) is 25.3 Å². The Balaban J connectivity index is 1.22. The second kappa shape index (κ2) is 9.88. The van der Waals surface area contributed by atoms with Crippen LogP contribution in [0.3, 0.4) is 0 Å². The highest BCUT2D eigenvalue weighted by Gasteiger charge is 2.28. The van der Waals surface area contributed by atoms with Gasteiger partial charge in [-0.05, 0) is 36.0 Å². The lowest BCUT2D eigenvalue weighted by atomic mass is 9.96. The van der Waals surface area contributed by atoms with Crippen molar-refractivity contribution in [3.63, 3.8) is 0 Å². The number of benzene rings is 2. The summed E-state index contributed by atoms with van der Waals surface area (Å²) in [6, 6.07) is 23.8. The quantitative estimate of drug-likeness (QED) is 0.595. The van der Waals surface area contributed by atoms with Gasteiger partial charge in [0.25, 0.3) is 0 Å². The summed E-state index contributed by atoms with van der Waals surface area (Å²) in [6.07, 6.45) is 3.09. The van der Waals surface area contributed by atoms with Crippen LogP contribution in [0.5, 0.6) is 0 Å². The van der Waals surface area contributed by atoms with E-state index in [9.17, 15) is 10.1 Å². The lowest BCUT2D eigenvalue weighted by Crippen LogP contribution is -2.49. The first-order chi connectivity index (χ1) is 16.2. The van der Waals surface area contributed by atoms with E-state index < -0.39 is 0 Å². The van der Waals surface area contributed by atoms with Crippen molar-refractivity contribution in [1.82, 2.24) is 9.80 Å². The maximum Gasteiger partial charge on any atom is 0.239 e. The number of hydrogen-bond donors (Lipinski definition) is 1. The van der Waals surface area contributed by atoms with Crippen LogP contribution < -0.4 is 5.32 Å². The summed E-state index contributed by atoms with van der Waals surface area (Å²) in [5.74, 6) is -0.0254. The molecule has 0 bridgehead atoms. The van der Waals surface area contributed by atoms with Crippen LogP contribution in [-0.2, 0) is 17.6 Å². The van der Waals surface area contributed by atoms with Gasteiger partial charge in [-0.25, -0.2) is 0 Å². The van der Waals surface area contributed by atoms with E-state index in [1.807, 2.05) is 0 Å². The van der Waals surface area contributed by atoms with Gasteiger partial charge in [0, 0.05) is 31.1 Å². The number of nitrogens with one attached hydrogen (secondary N) is 1. The predicted octanol–water partition coefficient (Wildman–Crippen LogP) is 4.45. The summed E-state index contributed by atoms with van der Waals surface area (Å²) in [7, 11) is 0. The first kappa shape index (κ1) is 21.8. The number of rotatable bonds is 6. The Kier molecular flexibility index (Phi) is 6.54. The Bertz CT molecular complexity index is 1100. The highest BCUT2D eigenvalue weighted by molar-refractivity contribution is 7.16. The van der Waals surface area contributed by atoms with Gasteiger partial charge in [0.05, 0.1) is 18.2 Å². The van der Waals surface area contributed by atoms with E-state index in [2.05, 4.69) is 81.8 Å². The second-order valence-electron chi connectivity index (χ2n) is 8.76. The molecule has 6 heteroatoms. The molecule has 1 saturated heterocycles. The Morgan fingerprint density at radius 3 is 2.21 bits per heavy atom. The zero-order chi connectivity index (χ0) is 22.6. The molecule has 2 aromatic carbocycles. The number of amides is 1. The molecule has 168 valence electrons. The van der Waals surface area contributed by atoms with E-state index in [4.69, 9.17) is 0 Å². The number of fused-ring (bicyclic) bond motifs is 1. The predicted molar refractivity (Wildman–Crippen MR) is 132 cm³/mol. The second-order valence-corrected chi connectivity index (χ2v) is 9.86. The van der Waals surface area contributed by atoms with E-state index in [1.54, 1.807) is 11.3 Å².